The molecule has 144 valence electrons. The minimum atomic E-state index is -3.55. The van der Waals surface area contributed by atoms with Crippen molar-refractivity contribution in [1.82, 2.24) is 4.90 Å². The smallest absolute Gasteiger partial charge is 0.253 e. The molecule has 28 heavy (non-hydrogen) atoms. The summed E-state index contributed by atoms with van der Waals surface area (Å²) < 4.78 is 39.6. The number of carbonyl (C=O) groups excluding carboxylic acids is 1. The summed E-state index contributed by atoms with van der Waals surface area (Å²) >= 11 is 0. The Bertz CT molecular complexity index is 1140. The summed E-state index contributed by atoms with van der Waals surface area (Å²) in [5, 5.41) is 1.07. The van der Waals surface area contributed by atoms with Crippen LogP contribution in [0.25, 0.3) is 10.8 Å². The third-order valence-electron chi connectivity index (χ3n) is 5.28. The summed E-state index contributed by atoms with van der Waals surface area (Å²) in [5.74, 6) is -0.897. The zero-order chi connectivity index (χ0) is 19.7. The predicted molar refractivity (Wildman–Crippen MR) is 107 cm³/mol. The van der Waals surface area contributed by atoms with Gasteiger partial charge in [0.15, 0.2) is 9.84 Å². The van der Waals surface area contributed by atoms with Gasteiger partial charge in [0, 0.05) is 24.2 Å². The van der Waals surface area contributed by atoms with Crippen molar-refractivity contribution in [2.45, 2.75) is 11.7 Å². The van der Waals surface area contributed by atoms with E-state index in [1.54, 1.807) is 17.0 Å². The van der Waals surface area contributed by atoms with Crippen LogP contribution in [0.1, 0.15) is 27.6 Å². The molecule has 1 fully saturated rings. The first-order chi connectivity index (χ1) is 13.5. The Morgan fingerprint density at radius 3 is 2.43 bits per heavy atom. The number of amides is 1. The van der Waals surface area contributed by atoms with Crippen molar-refractivity contribution in [2.75, 3.05) is 18.8 Å². The Morgan fingerprint density at radius 2 is 1.64 bits per heavy atom. The van der Waals surface area contributed by atoms with Crippen LogP contribution in [0.15, 0.2) is 66.7 Å². The molecular weight excluding hydrogens is 377 g/mol. The molecule has 0 aliphatic carbocycles. The Balaban J connectivity index is 1.60. The van der Waals surface area contributed by atoms with Crippen molar-refractivity contribution in [3.63, 3.8) is 0 Å². The van der Waals surface area contributed by atoms with Crippen molar-refractivity contribution in [2.24, 2.45) is 0 Å². The van der Waals surface area contributed by atoms with Gasteiger partial charge in [0.05, 0.1) is 11.0 Å². The Labute approximate surface area is 163 Å². The van der Waals surface area contributed by atoms with Gasteiger partial charge in [-0.1, -0.05) is 48.5 Å². The fraction of sp³-hybridized carbons (Fsp3) is 0.227. The molecule has 0 N–H and O–H groups in total. The molecule has 6 heteroatoms. The number of nitrogens with zero attached hydrogens (tertiary/aromatic N) is 1. The zero-order valence-electron chi connectivity index (χ0n) is 15.2. The summed E-state index contributed by atoms with van der Waals surface area (Å²) in [6.07, 6.45) is 0.183. The first-order valence-corrected chi connectivity index (χ1v) is 10.9. The van der Waals surface area contributed by atoms with E-state index in [2.05, 4.69) is 0 Å². The highest BCUT2D eigenvalue weighted by Gasteiger charge is 2.34. The molecule has 0 spiro atoms. The van der Waals surface area contributed by atoms with Crippen molar-refractivity contribution >= 4 is 26.5 Å². The van der Waals surface area contributed by atoms with Crippen molar-refractivity contribution in [1.29, 1.82) is 0 Å². The molecular formula is C22H20FNO3S. The SMILES string of the molecule is O=C(c1ccc2ccccc2c1)N1CCC(c2ccccc2F)S(=O)(=O)CC1. The van der Waals surface area contributed by atoms with Gasteiger partial charge in [0.2, 0.25) is 0 Å². The van der Waals surface area contributed by atoms with E-state index in [0.717, 1.165) is 10.8 Å². The molecule has 0 radical (unpaired) electrons. The molecule has 1 unspecified atom stereocenters. The van der Waals surface area contributed by atoms with Gasteiger partial charge in [-0.3, -0.25) is 4.79 Å². The topological polar surface area (TPSA) is 54.5 Å². The number of hydrogen-bond donors (Lipinski definition) is 0. The van der Waals surface area contributed by atoms with Gasteiger partial charge < -0.3 is 4.90 Å². The number of benzene rings is 3. The van der Waals surface area contributed by atoms with Crippen LogP contribution in [0.3, 0.4) is 0 Å². The van der Waals surface area contributed by atoms with E-state index in [0.29, 0.717) is 5.56 Å². The van der Waals surface area contributed by atoms with Gasteiger partial charge in [-0.2, -0.15) is 0 Å². The average Bonchev–Trinajstić information content (AvgIpc) is 2.85. The minimum absolute atomic E-state index is 0.110. The average molecular weight is 397 g/mol. The molecule has 3 aromatic carbocycles. The maximum atomic E-state index is 14.2. The van der Waals surface area contributed by atoms with Gasteiger partial charge in [-0.05, 0) is 35.4 Å². The van der Waals surface area contributed by atoms with E-state index in [1.807, 2.05) is 36.4 Å². The predicted octanol–water partition coefficient (Wildman–Crippen LogP) is 3.98. The Hall–Kier alpha value is -2.73. The number of carbonyl (C=O) groups is 1. The fourth-order valence-corrected chi connectivity index (χ4v) is 5.54. The van der Waals surface area contributed by atoms with Crippen LogP contribution in [0, 0.1) is 5.82 Å². The molecule has 3 aromatic rings. The third-order valence-corrected chi connectivity index (χ3v) is 7.38. The Morgan fingerprint density at radius 1 is 0.929 bits per heavy atom. The molecule has 4 nitrogen and oxygen atoms in total. The highest BCUT2D eigenvalue weighted by Crippen LogP contribution is 2.31. The second kappa shape index (κ2) is 7.36. The number of hydrogen-bond acceptors (Lipinski definition) is 3. The molecule has 1 aliphatic heterocycles. The first-order valence-electron chi connectivity index (χ1n) is 9.20. The molecule has 1 heterocycles. The summed E-state index contributed by atoms with van der Waals surface area (Å²) in [6, 6.07) is 19.2. The number of halogens is 1. The quantitative estimate of drug-likeness (QED) is 0.657. The van der Waals surface area contributed by atoms with Crippen molar-refractivity contribution in [3.8, 4) is 0 Å². The van der Waals surface area contributed by atoms with Crippen molar-refractivity contribution in [3.05, 3.63) is 83.7 Å². The molecule has 4 rings (SSSR count). The van der Waals surface area contributed by atoms with E-state index < -0.39 is 20.9 Å². The second-order valence-electron chi connectivity index (χ2n) is 7.02. The molecule has 0 aromatic heterocycles. The van der Waals surface area contributed by atoms with E-state index >= 15 is 0 Å². The van der Waals surface area contributed by atoms with Crippen LogP contribution in [-0.4, -0.2) is 38.1 Å². The lowest BCUT2D eigenvalue weighted by Crippen LogP contribution is -2.33. The Kier molecular flexibility index (Phi) is 4.89. The molecule has 1 aliphatic rings. The van der Waals surface area contributed by atoms with Crippen LogP contribution < -0.4 is 0 Å². The molecule has 1 saturated heterocycles. The summed E-state index contributed by atoms with van der Waals surface area (Å²) in [6.45, 7) is 0.378. The van der Waals surface area contributed by atoms with E-state index in [4.69, 9.17) is 0 Å². The van der Waals surface area contributed by atoms with E-state index in [1.165, 1.54) is 18.2 Å². The number of sulfone groups is 1. The van der Waals surface area contributed by atoms with Crippen LogP contribution in [0.4, 0.5) is 4.39 Å². The minimum Gasteiger partial charge on any atom is -0.338 e. The standard InChI is InChI=1S/C22H20FNO3S/c23-20-8-4-3-7-19(20)21-11-12-24(13-14-28(21,26)27)22(25)18-10-9-16-5-1-2-6-17(16)15-18/h1-10,15,21H,11-14H2. The maximum absolute atomic E-state index is 14.2. The number of rotatable bonds is 2. The van der Waals surface area contributed by atoms with E-state index in [-0.39, 0.29) is 36.7 Å². The largest absolute Gasteiger partial charge is 0.338 e. The third kappa shape index (κ3) is 3.52. The molecule has 0 saturated carbocycles. The maximum Gasteiger partial charge on any atom is 0.253 e. The molecule has 1 amide bonds. The first kappa shape index (κ1) is 18.6. The van der Waals surface area contributed by atoms with Gasteiger partial charge in [-0.25, -0.2) is 12.8 Å². The zero-order valence-corrected chi connectivity index (χ0v) is 16.0. The fourth-order valence-electron chi connectivity index (χ4n) is 3.74. The molecule has 0 bridgehead atoms. The molecule has 1 atom stereocenters. The van der Waals surface area contributed by atoms with Crippen molar-refractivity contribution < 1.29 is 17.6 Å². The highest BCUT2D eigenvalue weighted by molar-refractivity contribution is 7.91. The normalized spacial score (nSPS) is 19.3. The summed E-state index contributed by atoms with van der Waals surface area (Å²) in [4.78, 5) is 14.5. The number of fused-ring (bicyclic) bond motifs is 1. The monoisotopic (exact) mass is 397 g/mol. The lowest BCUT2D eigenvalue weighted by atomic mass is 10.1. The lowest BCUT2D eigenvalue weighted by molar-refractivity contribution is 0.0766. The summed E-state index contributed by atoms with van der Waals surface area (Å²) in [5.41, 5.74) is 0.711. The van der Waals surface area contributed by atoms with Gasteiger partial charge >= 0.3 is 0 Å². The van der Waals surface area contributed by atoms with Crippen LogP contribution in [0.5, 0.6) is 0 Å². The lowest BCUT2D eigenvalue weighted by Gasteiger charge is -2.20. The van der Waals surface area contributed by atoms with Gasteiger partial charge in [-0.15, -0.1) is 0 Å². The highest BCUT2D eigenvalue weighted by atomic mass is 32.2. The van der Waals surface area contributed by atoms with Crippen LogP contribution in [-0.2, 0) is 9.84 Å². The van der Waals surface area contributed by atoms with Gasteiger partial charge in [0.25, 0.3) is 5.91 Å². The van der Waals surface area contributed by atoms with Crippen LogP contribution >= 0.6 is 0 Å². The van der Waals surface area contributed by atoms with Gasteiger partial charge in [0.1, 0.15) is 5.82 Å². The van der Waals surface area contributed by atoms with E-state index in [9.17, 15) is 17.6 Å². The summed E-state index contributed by atoms with van der Waals surface area (Å²) in [7, 11) is -3.55. The van der Waals surface area contributed by atoms with Crippen LogP contribution in [0.2, 0.25) is 0 Å². The second-order valence-corrected chi connectivity index (χ2v) is 9.32.